The Bertz CT molecular complexity index is 1110. The Kier molecular flexibility index (Phi) is 5.54. The number of halogens is 1. The fourth-order valence-electron chi connectivity index (χ4n) is 3.68. The first kappa shape index (κ1) is 20.3. The number of aryl methyl sites for hydroxylation is 1. The number of amides is 1. The van der Waals surface area contributed by atoms with Gasteiger partial charge in [-0.3, -0.25) is 9.59 Å². The SMILES string of the molecule is CCc1c(C(=O)NC(Cc2c[nH]c3cc(F)ccc23)C(=O)O)[nH]c(C)c1C(C)=O. The molecule has 29 heavy (non-hydrogen) atoms. The highest BCUT2D eigenvalue weighted by atomic mass is 19.1. The second-order valence-corrected chi connectivity index (χ2v) is 6.96. The summed E-state index contributed by atoms with van der Waals surface area (Å²) in [5.41, 5.74) is 3.00. The Labute approximate surface area is 166 Å². The maximum Gasteiger partial charge on any atom is 0.326 e. The molecule has 0 spiro atoms. The van der Waals surface area contributed by atoms with Crippen molar-refractivity contribution in [2.24, 2.45) is 0 Å². The summed E-state index contributed by atoms with van der Waals surface area (Å²) in [5, 5.41) is 12.8. The molecule has 1 atom stereocenters. The minimum atomic E-state index is -1.19. The Morgan fingerprint density at radius 2 is 2.00 bits per heavy atom. The zero-order valence-corrected chi connectivity index (χ0v) is 16.4. The number of Topliss-reactive ketones (excluding diaryl/α,β-unsaturated/α-hetero) is 1. The van der Waals surface area contributed by atoms with Crippen molar-refractivity contribution in [1.82, 2.24) is 15.3 Å². The van der Waals surface area contributed by atoms with E-state index >= 15 is 0 Å². The third kappa shape index (κ3) is 3.91. The summed E-state index contributed by atoms with van der Waals surface area (Å²) in [6.45, 7) is 4.95. The number of carboxylic acids is 1. The number of benzene rings is 1. The van der Waals surface area contributed by atoms with Crippen molar-refractivity contribution < 1.29 is 23.9 Å². The smallest absolute Gasteiger partial charge is 0.326 e. The monoisotopic (exact) mass is 399 g/mol. The van der Waals surface area contributed by atoms with Crippen LogP contribution in [-0.4, -0.2) is 38.8 Å². The van der Waals surface area contributed by atoms with Crippen molar-refractivity contribution in [3.63, 3.8) is 0 Å². The van der Waals surface area contributed by atoms with E-state index in [2.05, 4.69) is 15.3 Å². The highest BCUT2D eigenvalue weighted by Crippen LogP contribution is 2.22. The fourth-order valence-corrected chi connectivity index (χ4v) is 3.68. The number of aliphatic carboxylic acids is 1. The molecule has 2 heterocycles. The summed E-state index contributed by atoms with van der Waals surface area (Å²) in [6.07, 6.45) is 2.08. The predicted molar refractivity (Wildman–Crippen MR) is 106 cm³/mol. The molecule has 3 aromatic rings. The lowest BCUT2D eigenvalue weighted by molar-refractivity contribution is -0.139. The Balaban J connectivity index is 1.88. The van der Waals surface area contributed by atoms with Gasteiger partial charge in [-0.1, -0.05) is 6.92 Å². The number of rotatable bonds is 7. The largest absolute Gasteiger partial charge is 0.480 e. The van der Waals surface area contributed by atoms with E-state index in [0.717, 1.165) is 0 Å². The molecule has 0 aliphatic rings. The lowest BCUT2D eigenvalue weighted by atomic mass is 10.0. The van der Waals surface area contributed by atoms with E-state index in [4.69, 9.17) is 0 Å². The molecule has 8 heteroatoms. The van der Waals surface area contributed by atoms with Crippen LogP contribution in [0.25, 0.3) is 10.9 Å². The number of carboxylic acid groups (broad SMARTS) is 1. The molecule has 2 aromatic heterocycles. The average Bonchev–Trinajstić information content (AvgIpc) is 3.20. The summed E-state index contributed by atoms with van der Waals surface area (Å²) in [4.78, 5) is 42.3. The van der Waals surface area contributed by atoms with Crippen LogP contribution in [0.1, 0.15) is 51.5 Å². The van der Waals surface area contributed by atoms with Crippen LogP contribution >= 0.6 is 0 Å². The van der Waals surface area contributed by atoms with Gasteiger partial charge in [0.15, 0.2) is 5.78 Å². The second kappa shape index (κ2) is 7.90. The van der Waals surface area contributed by atoms with Crippen molar-refractivity contribution in [3.05, 3.63) is 58.3 Å². The molecule has 0 fully saturated rings. The Morgan fingerprint density at radius 1 is 1.28 bits per heavy atom. The van der Waals surface area contributed by atoms with Gasteiger partial charge >= 0.3 is 5.97 Å². The molecule has 4 N–H and O–H groups in total. The molecule has 0 aliphatic heterocycles. The number of aromatic nitrogens is 2. The summed E-state index contributed by atoms with van der Waals surface area (Å²) in [5.74, 6) is -2.33. The van der Waals surface area contributed by atoms with Crippen molar-refractivity contribution >= 4 is 28.6 Å². The molecular formula is C21H22FN3O4. The maximum atomic E-state index is 13.4. The van der Waals surface area contributed by atoms with Crippen LogP contribution in [0.3, 0.4) is 0 Å². The standard InChI is InChI=1S/C21H22FN3O4/c1-4-14-18(11(3)26)10(2)24-19(14)20(27)25-17(21(28)29)7-12-9-23-16-8-13(22)5-6-15(12)16/h5-6,8-9,17,23-24H,4,7H2,1-3H3,(H,25,27)(H,28,29). The van der Waals surface area contributed by atoms with E-state index < -0.39 is 23.7 Å². The van der Waals surface area contributed by atoms with Gasteiger partial charge in [-0.05, 0) is 49.6 Å². The van der Waals surface area contributed by atoms with Gasteiger partial charge in [0.05, 0.1) is 0 Å². The number of hydrogen-bond donors (Lipinski definition) is 4. The maximum absolute atomic E-state index is 13.4. The molecular weight excluding hydrogens is 377 g/mol. The highest BCUT2D eigenvalue weighted by Gasteiger charge is 2.26. The predicted octanol–water partition coefficient (Wildman–Crippen LogP) is 3.13. The minimum Gasteiger partial charge on any atom is -0.480 e. The van der Waals surface area contributed by atoms with E-state index in [0.29, 0.717) is 39.7 Å². The van der Waals surface area contributed by atoms with Gasteiger partial charge in [-0.15, -0.1) is 0 Å². The summed E-state index contributed by atoms with van der Waals surface area (Å²) < 4.78 is 13.4. The van der Waals surface area contributed by atoms with Crippen LogP contribution in [0.5, 0.6) is 0 Å². The van der Waals surface area contributed by atoms with E-state index in [1.807, 2.05) is 6.92 Å². The number of aromatic amines is 2. The molecule has 1 aromatic carbocycles. The number of fused-ring (bicyclic) bond motifs is 1. The Hall–Kier alpha value is -3.42. The van der Waals surface area contributed by atoms with Crippen LogP contribution in [0, 0.1) is 12.7 Å². The topological polar surface area (TPSA) is 115 Å². The molecule has 1 unspecified atom stereocenters. The van der Waals surface area contributed by atoms with E-state index in [1.54, 1.807) is 19.2 Å². The molecule has 0 saturated carbocycles. The molecule has 1 amide bonds. The first-order valence-corrected chi connectivity index (χ1v) is 9.24. The molecule has 7 nitrogen and oxygen atoms in total. The first-order chi connectivity index (χ1) is 13.7. The van der Waals surface area contributed by atoms with E-state index in [1.165, 1.54) is 19.1 Å². The third-order valence-electron chi connectivity index (χ3n) is 4.98. The summed E-state index contributed by atoms with van der Waals surface area (Å²) >= 11 is 0. The second-order valence-electron chi connectivity index (χ2n) is 6.96. The lowest BCUT2D eigenvalue weighted by Gasteiger charge is -2.14. The summed E-state index contributed by atoms with van der Waals surface area (Å²) in [6, 6.07) is 3.00. The molecule has 3 rings (SSSR count). The van der Waals surface area contributed by atoms with Crippen molar-refractivity contribution in [2.45, 2.75) is 39.7 Å². The molecule has 0 radical (unpaired) electrons. The molecule has 0 saturated heterocycles. The third-order valence-corrected chi connectivity index (χ3v) is 4.98. The first-order valence-electron chi connectivity index (χ1n) is 9.24. The average molecular weight is 399 g/mol. The fraction of sp³-hybridized carbons (Fsp3) is 0.286. The number of ketones is 1. The van der Waals surface area contributed by atoms with Crippen LogP contribution in [-0.2, 0) is 17.6 Å². The zero-order valence-electron chi connectivity index (χ0n) is 16.4. The van der Waals surface area contributed by atoms with Crippen LogP contribution in [0.2, 0.25) is 0 Å². The van der Waals surface area contributed by atoms with E-state index in [9.17, 15) is 23.9 Å². The van der Waals surface area contributed by atoms with Crippen molar-refractivity contribution in [3.8, 4) is 0 Å². The van der Waals surface area contributed by atoms with Crippen LogP contribution < -0.4 is 5.32 Å². The molecule has 0 aliphatic carbocycles. The minimum absolute atomic E-state index is 0.0213. The van der Waals surface area contributed by atoms with Gasteiger partial charge < -0.3 is 20.4 Å². The lowest BCUT2D eigenvalue weighted by Crippen LogP contribution is -2.42. The summed E-state index contributed by atoms with van der Waals surface area (Å²) in [7, 11) is 0. The van der Waals surface area contributed by atoms with Crippen molar-refractivity contribution in [1.29, 1.82) is 0 Å². The number of H-pyrrole nitrogens is 2. The highest BCUT2D eigenvalue weighted by molar-refractivity contribution is 6.03. The Morgan fingerprint density at radius 3 is 2.62 bits per heavy atom. The van der Waals surface area contributed by atoms with Crippen LogP contribution in [0.4, 0.5) is 4.39 Å². The van der Waals surface area contributed by atoms with Gasteiger partial charge in [0.2, 0.25) is 0 Å². The quantitative estimate of drug-likeness (QED) is 0.457. The van der Waals surface area contributed by atoms with Crippen molar-refractivity contribution in [2.75, 3.05) is 0 Å². The van der Waals surface area contributed by atoms with Gasteiger partial charge in [-0.2, -0.15) is 0 Å². The van der Waals surface area contributed by atoms with Gasteiger partial charge in [-0.25, -0.2) is 9.18 Å². The van der Waals surface area contributed by atoms with Gasteiger partial charge in [0, 0.05) is 34.8 Å². The number of carbonyl (C=O) groups is 3. The zero-order chi connectivity index (χ0) is 21.3. The van der Waals surface area contributed by atoms with E-state index in [-0.39, 0.29) is 17.9 Å². The number of nitrogens with one attached hydrogen (secondary N) is 3. The van der Waals surface area contributed by atoms with Gasteiger partial charge in [0.1, 0.15) is 17.6 Å². The van der Waals surface area contributed by atoms with Crippen LogP contribution in [0.15, 0.2) is 24.4 Å². The normalized spacial score (nSPS) is 12.1. The number of hydrogen-bond acceptors (Lipinski definition) is 3. The molecule has 152 valence electrons. The van der Waals surface area contributed by atoms with Gasteiger partial charge in [0.25, 0.3) is 5.91 Å². The molecule has 0 bridgehead atoms. The number of carbonyl (C=O) groups excluding carboxylic acids is 2.